The number of quaternary nitrogens is 1. The van der Waals surface area contributed by atoms with Crippen molar-refractivity contribution in [1.82, 2.24) is 10.2 Å². The molecule has 0 radical (unpaired) electrons. The monoisotopic (exact) mass is 404 g/mol. The fraction of sp³-hybridized carbons (Fsp3) is 0.556. The van der Waals surface area contributed by atoms with Gasteiger partial charge in [-0.15, -0.1) is 11.8 Å². The van der Waals surface area contributed by atoms with E-state index in [1.54, 1.807) is 13.0 Å². The van der Waals surface area contributed by atoms with Crippen LogP contribution in [0.2, 0.25) is 0 Å². The van der Waals surface area contributed by atoms with Gasteiger partial charge >= 0.3 is 6.18 Å². The Morgan fingerprint density at radius 3 is 2.67 bits per heavy atom. The Labute approximate surface area is 161 Å². The molecule has 0 saturated carbocycles. The predicted molar refractivity (Wildman–Crippen MR) is 98.3 cm³/mol. The van der Waals surface area contributed by atoms with Gasteiger partial charge < -0.3 is 15.1 Å². The van der Waals surface area contributed by atoms with Crippen LogP contribution in [0.15, 0.2) is 24.3 Å². The van der Waals surface area contributed by atoms with E-state index in [-0.39, 0.29) is 30.0 Å². The zero-order chi connectivity index (χ0) is 20.2. The molecule has 1 heterocycles. The van der Waals surface area contributed by atoms with Crippen molar-refractivity contribution in [3.05, 3.63) is 35.4 Å². The minimum atomic E-state index is -4.44. The van der Waals surface area contributed by atoms with Crippen molar-refractivity contribution in [3.63, 3.8) is 0 Å². The van der Waals surface area contributed by atoms with Crippen LogP contribution in [0.1, 0.15) is 29.8 Å². The Bertz CT molecular complexity index is 682. The molecule has 2 atom stereocenters. The highest BCUT2D eigenvalue weighted by atomic mass is 32.2. The highest BCUT2D eigenvalue weighted by molar-refractivity contribution is 8.01. The zero-order valence-electron chi connectivity index (χ0n) is 15.6. The Morgan fingerprint density at radius 1 is 1.33 bits per heavy atom. The second-order valence-corrected chi connectivity index (χ2v) is 8.27. The first-order valence-corrected chi connectivity index (χ1v) is 9.72. The summed E-state index contributed by atoms with van der Waals surface area (Å²) in [4.78, 5) is 27.1. The lowest BCUT2D eigenvalue weighted by Crippen LogP contribution is -3.06. The average Bonchev–Trinajstić information content (AvgIpc) is 2.87. The molecule has 2 amide bonds. The molecule has 1 aromatic rings. The molecule has 1 aliphatic heterocycles. The normalized spacial score (nSPS) is 20.4. The van der Waals surface area contributed by atoms with E-state index in [2.05, 4.69) is 5.32 Å². The molecule has 27 heavy (non-hydrogen) atoms. The molecule has 1 aromatic carbocycles. The molecule has 0 aliphatic carbocycles. The van der Waals surface area contributed by atoms with Crippen molar-refractivity contribution in [3.8, 4) is 0 Å². The predicted octanol–water partition coefficient (Wildman–Crippen LogP) is 1.32. The third kappa shape index (κ3) is 5.87. The van der Waals surface area contributed by atoms with Gasteiger partial charge in [0.2, 0.25) is 11.8 Å². The van der Waals surface area contributed by atoms with E-state index < -0.39 is 17.1 Å². The van der Waals surface area contributed by atoms with E-state index >= 15 is 0 Å². The summed E-state index contributed by atoms with van der Waals surface area (Å²) in [7, 11) is 3.96. The number of likely N-dealkylation sites (N-methyl/N-ethyl adjacent to an activating group) is 1. The molecule has 2 N–H and O–H groups in total. The van der Waals surface area contributed by atoms with Gasteiger partial charge in [0.15, 0.2) is 0 Å². The summed E-state index contributed by atoms with van der Waals surface area (Å²) in [6.07, 6.45) is -4.31. The van der Waals surface area contributed by atoms with Gasteiger partial charge in [-0.05, 0) is 24.6 Å². The van der Waals surface area contributed by atoms with E-state index in [0.717, 1.165) is 18.7 Å². The number of rotatable bonds is 7. The van der Waals surface area contributed by atoms with E-state index in [9.17, 15) is 22.8 Å². The van der Waals surface area contributed by atoms with Crippen molar-refractivity contribution in [2.24, 2.45) is 0 Å². The molecule has 0 bridgehead atoms. The highest BCUT2D eigenvalue weighted by Gasteiger charge is 2.39. The maximum Gasteiger partial charge on any atom is 0.416 e. The fourth-order valence-electron chi connectivity index (χ4n) is 2.79. The number of nitrogens with zero attached hydrogens (tertiary/aromatic N) is 1. The SMILES string of the molecule is C[C@@H]1S[C@H](c2cccc(C(F)(F)F)c2)N(CCC(=O)NCC[NH+](C)C)C1=O. The number of carbonyl (C=O) groups is 2. The number of carbonyl (C=O) groups excluding carboxylic acids is 2. The lowest BCUT2D eigenvalue weighted by molar-refractivity contribution is -0.856. The van der Waals surface area contributed by atoms with Crippen molar-refractivity contribution in [2.75, 3.05) is 33.7 Å². The topological polar surface area (TPSA) is 53.9 Å². The number of halogens is 3. The van der Waals surface area contributed by atoms with Gasteiger partial charge in [0.05, 0.1) is 38.0 Å². The lowest BCUT2D eigenvalue weighted by atomic mass is 10.1. The number of hydrogen-bond donors (Lipinski definition) is 2. The quantitative estimate of drug-likeness (QED) is 0.721. The third-order valence-corrected chi connectivity index (χ3v) is 5.67. The molecule has 0 aromatic heterocycles. The molecular formula is C18H25F3N3O2S+. The van der Waals surface area contributed by atoms with E-state index in [1.165, 1.54) is 27.6 Å². The second-order valence-electron chi connectivity index (χ2n) is 6.84. The van der Waals surface area contributed by atoms with E-state index in [4.69, 9.17) is 0 Å². The Morgan fingerprint density at radius 2 is 2.04 bits per heavy atom. The van der Waals surface area contributed by atoms with Crippen LogP contribution >= 0.6 is 11.8 Å². The molecule has 0 unspecified atom stereocenters. The first kappa shape index (κ1) is 21.6. The standard InChI is InChI=1S/C18H24F3N3O2S/c1-12-16(26)24(9-7-15(25)22-8-10-23(2)3)17(27-12)13-5-4-6-14(11-13)18(19,20)21/h4-6,11-12,17H,7-10H2,1-3H3,(H,22,25)/p+1/t12-,17+/m0/s1. The van der Waals surface area contributed by atoms with Crippen LogP contribution in [0, 0.1) is 0 Å². The van der Waals surface area contributed by atoms with Crippen LogP contribution in [-0.2, 0) is 15.8 Å². The number of hydrogen-bond acceptors (Lipinski definition) is 3. The highest BCUT2D eigenvalue weighted by Crippen LogP contribution is 2.44. The number of amides is 2. The second kappa shape index (κ2) is 8.97. The van der Waals surface area contributed by atoms with Gasteiger partial charge in [-0.25, -0.2) is 0 Å². The van der Waals surface area contributed by atoms with Crippen LogP contribution in [0.25, 0.3) is 0 Å². The largest absolute Gasteiger partial charge is 0.416 e. The molecule has 2 rings (SSSR count). The van der Waals surface area contributed by atoms with Gasteiger partial charge in [0.1, 0.15) is 5.37 Å². The van der Waals surface area contributed by atoms with Crippen molar-refractivity contribution in [1.29, 1.82) is 0 Å². The average molecular weight is 404 g/mol. The lowest BCUT2D eigenvalue weighted by Gasteiger charge is -2.24. The van der Waals surface area contributed by atoms with E-state index in [0.29, 0.717) is 12.1 Å². The number of nitrogens with one attached hydrogen (secondary N) is 2. The molecule has 0 spiro atoms. The van der Waals surface area contributed by atoms with Gasteiger partial charge in [0, 0.05) is 13.0 Å². The minimum Gasteiger partial charge on any atom is -0.350 e. The van der Waals surface area contributed by atoms with Crippen molar-refractivity contribution in [2.45, 2.75) is 30.1 Å². The first-order chi connectivity index (χ1) is 12.6. The summed E-state index contributed by atoms with van der Waals surface area (Å²) >= 11 is 1.30. The summed E-state index contributed by atoms with van der Waals surface area (Å²) < 4.78 is 39.0. The van der Waals surface area contributed by atoms with Gasteiger partial charge in [-0.1, -0.05) is 12.1 Å². The molecular weight excluding hydrogens is 379 g/mol. The summed E-state index contributed by atoms with van der Waals surface area (Å²) in [5.74, 6) is -0.329. The number of benzene rings is 1. The third-order valence-electron chi connectivity index (χ3n) is 4.27. The van der Waals surface area contributed by atoms with Crippen LogP contribution in [-0.4, -0.2) is 55.7 Å². The summed E-state index contributed by atoms with van der Waals surface area (Å²) in [5, 5.41) is 1.92. The van der Waals surface area contributed by atoms with Gasteiger partial charge in [-0.3, -0.25) is 9.59 Å². The first-order valence-electron chi connectivity index (χ1n) is 8.78. The fourth-order valence-corrected chi connectivity index (χ4v) is 4.09. The molecule has 1 aliphatic rings. The summed E-state index contributed by atoms with van der Waals surface area (Å²) in [5.41, 5.74) is -0.319. The molecule has 1 saturated heterocycles. The van der Waals surface area contributed by atoms with Crippen LogP contribution in [0.3, 0.4) is 0 Å². The molecule has 9 heteroatoms. The van der Waals surface area contributed by atoms with Gasteiger partial charge in [-0.2, -0.15) is 13.2 Å². The maximum absolute atomic E-state index is 13.0. The summed E-state index contributed by atoms with van der Waals surface area (Å²) in [6.45, 7) is 3.23. The summed E-state index contributed by atoms with van der Waals surface area (Å²) in [6, 6.07) is 5.03. The number of alkyl halides is 3. The van der Waals surface area contributed by atoms with Crippen molar-refractivity contribution < 1.29 is 27.7 Å². The number of thioether (sulfide) groups is 1. The van der Waals surface area contributed by atoms with Crippen LogP contribution < -0.4 is 10.2 Å². The maximum atomic E-state index is 13.0. The zero-order valence-corrected chi connectivity index (χ0v) is 16.4. The Balaban J connectivity index is 2.06. The molecule has 1 fully saturated rings. The Hall–Kier alpha value is -1.74. The van der Waals surface area contributed by atoms with Crippen LogP contribution in [0.4, 0.5) is 13.2 Å². The minimum absolute atomic E-state index is 0.122. The van der Waals surface area contributed by atoms with Gasteiger partial charge in [0.25, 0.3) is 0 Å². The smallest absolute Gasteiger partial charge is 0.350 e. The Kier molecular flexibility index (Phi) is 7.16. The van der Waals surface area contributed by atoms with Crippen molar-refractivity contribution >= 4 is 23.6 Å². The van der Waals surface area contributed by atoms with Crippen LogP contribution in [0.5, 0.6) is 0 Å². The molecule has 150 valence electrons. The van der Waals surface area contributed by atoms with E-state index in [1.807, 2.05) is 14.1 Å². The molecule has 5 nitrogen and oxygen atoms in total.